The third-order valence-electron chi connectivity index (χ3n) is 4.74. The third kappa shape index (κ3) is 5.38. The highest BCUT2D eigenvalue weighted by molar-refractivity contribution is 9.10. The first-order valence-electron chi connectivity index (χ1n) is 9.90. The van der Waals surface area contributed by atoms with Gasteiger partial charge in [0.2, 0.25) is 0 Å². The van der Waals surface area contributed by atoms with E-state index in [1.807, 2.05) is 54.9 Å². The molecule has 32 heavy (non-hydrogen) atoms. The second-order valence-electron chi connectivity index (χ2n) is 7.33. The molecule has 0 atom stereocenters. The summed E-state index contributed by atoms with van der Waals surface area (Å²) in [6.45, 7) is 4.76. The topological polar surface area (TPSA) is 74.0 Å². The number of halogens is 2. The van der Waals surface area contributed by atoms with Gasteiger partial charge in [0.15, 0.2) is 12.4 Å². The van der Waals surface area contributed by atoms with Crippen molar-refractivity contribution in [2.24, 2.45) is 0 Å². The number of hydrogen-bond donors (Lipinski definition) is 1. The molecular formula is C23H21BrClN5O2. The van der Waals surface area contributed by atoms with Crippen molar-refractivity contribution >= 4 is 39.1 Å². The van der Waals surface area contributed by atoms with E-state index in [1.54, 1.807) is 24.4 Å². The fourth-order valence-corrected chi connectivity index (χ4v) is 3.96. The molecule has 0 aliphatic heterocycles. The maximum atomic E-state index is 12.6. The van der Waals surface area contributed by atoms with E-state index in [4.69, 9.17) is 16.3 Å². The molecule has 0 saturated heterocycles. The van der Waals surface area contributed by atoms with Crippen LogP contribution in [-0.4, -0.2) is 25.5 Å². The van der Waals surface area contributed by atoms with Gasteiger partial charge in [-0.2, -0.15) is 10.2 Å². The largest absolute Gasteiger partial charge is 0.470 e. The zero-order chi connectivity index (χ0) is 22.7. The Balaban J connectivity index is 1.38. The van der Waals surface area contributed by atoms with Crippen molar-refractivity contribution in [3.8, 4) is 5.75 Å². The maximum Gasteiger partial charge on any atom is 0.276 e. The summed E-state index contributed by atoms with van der Waals surface area (Å²) in [6.07, 6.45) is 1.68. The van der Waals surface area contributed by atoms with Crippen molar-refractivity contribution in [1.82, 2.24) is 19.6 Å². The molecule has 0 fully saturated rings. The van der Waals surface area contributed by atoms with E-state index >= 15 is 0 Å². The molecule has 2 heterocycles. The van der Waals surface area contributed by atoms with E-state index in [1.165, 1.54) is 4.68 Å². The molecule has 1 N–H and O–H groups in total. The number of nitrogens with one attached hydrogen (secondary N) is 1. The molecule has 2 aromatic heterocycles. The Morgan fingerprint density at radius 1 is 1.12 bits per heavy atom. The summed E-state index contributed by atoms with van der Waals surface area (Å²) in [4.78, 5) is 12.6. The molecule has 2 aromatic carbocycles. The number of aryl methyl sites for hydroxylation is 2. The number of carbonyl (C=O) groups is 1. The number of carbonyl (C=O) groups excluding carboxylic acids is 1. The third-order valence-corrected chi connectivity index (χ3v) is 5.53. The van der Waals surface area contributed by atoms with Crippen LogP contribution in [0.15, 0.2) is 65.3 Å². The zero-order valence-electron chi connectivity index (χ0n) is 17.5. The Morgan fingerprint density at radius 3 is 2.72 bits per heavy atom. The summed E-state index contributed by atoms with van der Waals surface area (Å²) in [5.41, 5.74) is 4.10. The van der Waals surface area contributed by atoms with Crippen molar-refractivity contribution in [3.05, 3.63) is 92.9 Å². The van der Waals surface area contributed by atoms with Crippen LogP contribution in [-0.2, 0) is 13.3 Å². The molecule has 164 valence electrons. The van der Waals surface area contributed by atoms with Crippen LogP contribution in [0.5, 0.6) is 5.75 Å². The SMILES string of the molecule is Cc1cc(C)n(Cc2cccc(NC(=O)c3ccn(COc4ccc(Br)cc4Cl)n3)c2)n1. The van der Waals surface area contributed by atoms with Gasteiger partial charge in [-0.3, -0.25) is 9.48 Å². The molecule has 1 amide bonds. The van der Waals surface area contributed by atoms with E-state index < -0.39 is 0 Å². The lowest BCUT2D eigenvalue weighted by Crippen LogP contribution is -2.14. The van der Waals surface area contributed by atoms with Gasteiger partial charge in [-0.05, 0) is 61.9 Å². The zero-order valence-corrected chi connectivity index (χ0v) is 19.9. The first kappa shape index (κ1) is 22.1. The molecule has 0 unspecified atom stereocenters. The standard InChI is InChI=1S/C23H21BrClN5O2/c1-15-10-16(2)30(27-15)13-17-4-3-5-19(11-17)26-23(31)21-8-9-29(28-21)14-32-22-7-6-18(24)12-20(22)25/h3-12H,13-14H2,1-2H3,(H,26,31). The van der Waals surface area contributed by atoms with Crippen LogP contribution in [0.4, 0.5) is 5.69 Å². The van der Waals surface area contributed by atoms with Crippen molar-refractivity contribution in [1.29, 1.82) is 0 Å². The molecule has 0 aliphatic carbocycles. The molecule has 0 bridgehead atoms. The van der Waals surface area contributed by atoms with Gasteiger partial charge in [-0.25, -0.2) is 4.68 Å². The summed E-state index contributed by atoms with van der Waals surface area (Å²) < 4.78 is 10.0. The van der Waals surface area contributed by atoms with Gasteiger partial charge in [-0.1, -0.05) is 39.7 Å². The average Bonchev–Trinajstić information content (AvgIpc) is 3.34. The maximum absolute atomic E-state index is 12.6. The highest BCUT2D eigenvalue weighted by Crippen LogP contribution is 2.27. The van der Waals surface area contributed by atoms with Crippen LogP contribution < -0.4 is 10.1 Å². The number of aromatic nitrogens is 4. The average molecular weight is 515 g/mol. The normalized spacial score (nSPS) is 10.9. The van der Waals surface area contributed by atoms with Gasteiger partial charge in [0.1, 0.15) is 5.75 Å². The number of anilines is 1. The lowest BCUT2D eigenvalue weighted by molar-refractivity contribution is 0.102. The Hall–Kier alpha value is -3.10. The quantitative estimate of drug-likeness (QED) is 0.356. The van der Waals surface area contributed by atoms with Crippen LogP contribution in [0.3, 0.4) is 0 Å². The number of amides is 1. The molecule has 4 rings (SSSR count). The lowest BCUT2D eigenvalue weighted by atomic mass is 10.2. The predicted molar refractivity (Wildman–Crippen MR) is 127 cm³/mol. The highest BCUT2D eigenvalue weighted by Gasteiger charge is 2.11. The lowest BCUT2D eigenvalue weighted by Gasteiger charge is -2.09. The summed E-state index contributed by atoms with van der Waals surface area (Å²) in [6, 6.07) is 16.7. The van der Waals surface area contributed by atoms with Gasteiger partial charge < -0.3 is 10.1 Å². The van der Waals surface area contributed by atoms with E-state index in [2.05, 4.69) is 31.4 Å². The molecule has 7 nitrogen and oxygen atoms in total. The Bertz CT molecular complexity index is 1270. The number of nitrogens with zero attached hydrogens (tertiary/aromatic N) is 4. The van der Waals surface area contributed by atoms with Crippen molar-refractivity contribution < 1.29 is 9.53 Å². The Kier molecular flexibility index (Phi) is 6.62. The summed E-state index contributed by atoms with van der Waals surface area (Å²) in [5.74, 6) is 0.240. The van der Waals surface area contributed by atoms with Gasteiger partial charge in [0.05, 0.1) is 17.3 Å². The van der Waals surface area contributed by atoms with Crippen LogP contribution in [0.2, 0.25) is 5.02 Å². The van der Waals surface area contributed by atoms with E-state index in [-0.39, 0.29) is 12.6 Å². The van der Waals surface area contributed by atoms with Gasteiger partial charge >= 0.3 is 0 Å². The summed E-state index contributed by atoms with van der Waals surface area (Å²) >= 11 is 9.52. The molecule has 0 aliphatic rings. The summed E-state index contributed by atoms with van der Waals surface area (Å²) in [7, 11) is 0. The van der Waals surface area contributed by atoms with Gasteiger partial charge in [0, 0.05) is 22.1 Å². The van der Waals surface area contributed by atoms with Crippen LogP contribution in [0.25, 0.3) is 0 Å². The van der Waals surface area contributed by atoms with Crippen molar-refractivity contribution in [2.75, 3.05) is 5.32 Å². The number of ether oxygens (including phenoxy) is 1. The second kappa shape index (κ2) is 9.58. The van der Waals surface area contributed by atoms with E-state index in [9.17, 15) is 4.79 Å². The molecule has 0 spiro atoms. The molecule has 0 saturated carbocycles. The highest BCUT2D eigenvalue weighted by atomic mass is 79.9. The Labute approximate surface area is 199 Å². The smallest absolute Gasteiger partial charge is 0.276 e. The number of rotatable bonds is 7. The van der Waals surface area contributed by atoms with E-state index in [0.29, 0.717) is 28.7 Å². The van der Waals surface area contributed by atoms with Crippen LogP contribution >= 0.6 is 27.5 Å². The molecule has 9 heteroatoms. The van der Waals surface area contributed by atoms with Crippen LogP contribution in [0.1, 0.15) is 27.4 Å². The Morgan fingerprint density at radius 2 is 1.97 bits per heavy atom. The predicted octanol–water partition coefficient (Wildman–Crippen LogP) is 5.45. The van der Waals surface area contributed by atoms with Crippen molar-refractivity contribution in [3.63, 3.8) is 0 Å². The van der Waals surface area contributed by atoms with E-state index in [0.717, 1.165) is 21.4 Å². The first-order valence-corrected chi connectivity index (χ1v) is 11.1. The fourth-order valence-electron chi connectivity index (χ4n) is 3.23. The molecule has 4 aromatic rings. The number of benzene rings is 2. The van der Waals surface area contributed by atoms with Crippen LogP contribution in [0, 0.1) is 13.8 Å². The van der Waals surface area contributed by atoms with Crippen molar-refractivity contribution in [2.45, 2.75) is 27.1 Å². The van der Waals surface area contributed by atoms with Gasteiger partial charge in [0.25, 0.3) is 5.91 Å². The molecular weight excluding hydrogens is 494 g/mol. The minimum atomic E-state index is -0.298. The minimum Gasteiger partial charge on any atom is -0.470 e. The second-order valence-corrected chi connectivity index (χ2v) is 8.65. The minimum absolute atomic E-state index is 0.132. The first-order chi connectivity index (χ1) is 15.4. The fraction of sp³-hybridized carbons (Fsp3) is 0.174. The summed E-state index contributed by atoms with van der Waals surface area (Å²) in [5, 5.41) is 12.2. The number of hydrogen-bond acceptors (Lipinski definition) is 4. The monoisotopic (exact) mass is 513 g/mol. The molecule has 0 radical (unpaired) electrons. The van der Waals surface area contributed by atoms with Gasteiger partial charge in [-0.15, -0.1) is 0 Å².